The minimum Gasteiger partial charge on any atom is -0.496 e. The van der Waals surface area contributed by atoms with Crippen molar-refractivity contribution >= 4 is 21.8 Å². The zero-order valence-electron chi connectivity index (χ0n) is 15.9. The van der Waals surface area contributed by atoms with Crippen molar-refractivity contribution in [2.75, 3.05) is 7.11 Å². The molecule has 0 amide bonds. The molecule has 5 aromatic rings. The van der Waals surface area contributed by atoms with Crippen molar-refractivity contribution in [3.8, 4) is 28.1 Å². The highest BCUT2D eigenvalue weighted by Gasteiger charge is 2.16. The third-order valence-electron chi connectivity index (χ3n) is 5.08. The molecule has 4 nitrogen and oxygen atoms in total. The summed E-state index contributed by atoms with van der Waals surface area (Å²) in [6.45, 7) is 0. The summed E-state index contributed by atoms with van der Waals surface area (Å²) in [6.07, 6.45) is 5.08. The summed E-state index contributed by atoms with van der Waals surface area (Å²) < 4.78 is 33.8. The van der Waals surface area contributed by atoms with Gasteiger partial charge in [-0.15, -0.1) is 0 Å². The monoisotopic (exact) mass is 399 g/mol. The lowest BCUT2D eigenvalue weighted by Gasteiger charge is -2.14. The van der Waals surface area contributed by atoms with Crippen LogP contribution in [0.1, 0.15) is 0 Å². The Labute approximate surface area is 170 Å². The normalized spacial score (nSPS) is 11.2. The van der Waals surface area contributed by atoms with Crippen LogP contribution in [0.5, 0.6) is 5.75 Å². The molecule has 0 atom stereocenters. The van der Waals surface area contributed by atoms with Crippen LogP contribution in [0.2, 0.25) is 0 Å². The Bertz CT molecular complexity index is 1420. The Balaban J connectivity index is 1.86. The number of benzene rings is 2. The van der Waals surface area contributed by atoms with Crippen molar-refractivity contribution < 1.29 is 13.5 Å². The molecule has 0 aliphatic rings. The van der Waals surface area contributed by atoms with Gasteiger partial charge in [-0.2, -0.15) is 0 Å². The van der Waals surface area contributed by atoms with Gasteiger partial charge >= 0.3 is 0 Å². The molecule has 3 aromatic heterocycles. The third kappa shape index (κ3) is 2.93. The van der Waals surface area contributed by atoms with Crippen LogP contribution in [-0.4, -0.2) is 22.1 Å². The first-order valence-corrected chi connectivity index (χ1v) is 9.28. The molecule has 0 unspecified atom stereocenters. The molecule has 6 heteroatoms. The summed E-state index contributed by atoms with van der Waals surface area (Å²) in [5.74, 6) is -0.375. The van der Waals surface area contributed by atoms with Gasteiger partial charge in [-0.05, 0) is 65.0 Å². The number of hydrogen-bond donors (Lipinski definition) is 0. The van der Waals surface area contributed by atoms with E-state index in [4.69, 9.17) is 4.74 Å². The number of aromatic nitrogens is 3. The van der Waals surface area contributed by atoms with Crippen LogP contribution >= 0.6 is 0 Å². The van der Waals surface area contributed by atoms with Gasteiger partial charge in [0, 0.05) is 34.9 Å². The molecule has 0 saturated heterocycles. The minimum absolute atomic E-state index is 0.0864. The Hall–Kier alpha value is -3.93. The van der Waals surface area contributed by atoms with Gasteiger partial charge in [0.2, 0.25) is 0 Å². The highest BCUT2D eigenvalue weighted by atomic mass is 19.1. The molecule has 0 aliphatic carbocycles. The standard InChI is InChI=1S/C24H15F2N3O/c1-30-23-7-5-15(16-8-10-27-13-20(16)23)18-12-22(19-11-14(25)4-6-21(19)26)29-24-17(18)3-2-9-28-24/h2-13H,1H3. The Kier molecular flexibility index (Phi) is 4.32. The highest BCUT2D eigenvalue weighted by molar-refractivity contribution is 6.06. The van der Waals surface area contributed by atoms with Crippen LogP contribution in [0.25, 0.3) is 44.2 Å². The van der Waals surface area contributed by atoms with Gasteiger partial charge in [-0.1, -0.05) is 6.07 Å². The van der Waals surface area contributed by atoms with Crippen LogP contribution < -0.4 is 4.74 Å². The maximum atomic E-state index is 14.5. The Morgan fingerprint density at radius 1 is 0.800 bits per heavy atom. The topological polar surface area (TPSA) is 47.9 Å². The van der Waals surface area contributed by atoms with E-state index in [0.717, 1.165) is 45.5 Å². The van der Waals surface area contributed by atoms with Crippen molar-refractivity contribution in [2.24, 2.45) is 0 Å². The number of ether oxygens (including phenoxy) is 1. The van der Waals surface area contributed by atoms with E-state index in [-0.39, 0.29) is 5.56 Å². The SMILES string of the molecule is COc1ccc(-c2cc(-c3cc(F)ccc3F)nc3ncccc23)c2ccncc12. The summed E-state index contributed by atoms with van der Waals surface area (Å²) in [5, 5.41) is 2.58. The molecular weight excluding hydrogens is 384 g/mol. The molecule has 0 radical (unpaired) electrons. The molecule has 0 spiro atoms. The Morgan fingerprint density at radius 2 is 1.70 bits per heavy atom. The fourth-order valence-corrected chi connectivity index (χ4v) is 3.69. The van der Waals surface area contributed by atoms with Gasteiger partial charge in [0.15, 0.2) is 5.65 Å². The number of hydrogen-bond acceptors (Lipinski definition) is 4. The third-order valence-corrected chi connectivity index (χ3v) is 5.08. The molecule has 0 fully saturated rings. The molecule has 2 aromatic carbocycles. The van der Waals surface area contributed by atoms with E-state index < -0.39 is 11.6 Å². The number of nitrogens with zero attached hydrogens (tertiary/aromatic N) is 3. The predicted octanol–water partition coefficient (Wildman–Crippen LogP) is 5.80. The van der Waals surface area contributed by atoms with Crippen molar-refractivity contribution in [3.05, 3.63) is 84.8 Å². The molecule has 0 bridgehead atoms. The largest absolute Gasteiger partial charge is 0.496 e. The highest BCUT2D eigenvalue weighted by Crippen LogP contribution is 2.38. The van der Waals surface area contributed by atoms with Crippen LogP contribution in [0.4, 0.5) is 8.78 Å². The second-order valence-corrected chi connectivity index (χ2v) is 6.79. The van der Waals surface area contributed by atoms with Crippen LogP contribution in [0.15, 0.2) is 73.2 Å². The van der Waals surface area contributed by atoms with E-state index in [2.05, 4.69) is 15.0 Å². The molecule has 0 N–H and O–H groups in total. The second kappa shape index (κ2) is 7.15. The maximum Gasteiger partial charge on any atom is 0.160 e. The van der Waals surface area contributed by atoms with E-state index in [1.807, 2.05) is 30.3 Å². The van der Waals surface area contributed by atoms with Crippen LogP contribution in [0.3, 0.4) is 0 Å². The van der Waals surface area contributed by atoms with Gasteiger partial charge < -0.3 is 4.74 Å². The molecule has 5 rings (SSSR count). The average molecular weight is 399 g/mol. The first kappa shape index (κ1) is 18.1. The summed E-state index contributed by atoms with van der Waals surface area (Å²) in [7, 11) is 1.61. The quantitative estimate of drug-likeness (QED) is 0.385. The molecule has 0 aliphatic heterocycles. The van der Waals surface area contributed by atoms with Crippen LogP contribution in [-0.2, 0) is 0 Å². The number of methoxy groups -OCH3 is 1. The van der Waals surface area contributed by atoms with E-state index >= 15 is 0 Å². The maximum absolute atomic E-state index is 14.5. The minimum atomic E-state index is -0.547. The lowest BCUT2D eigenvalue weighted by Crippen LogP contribution is -1.95. The zero-order chi connectivity index (χ0) is 20.7. The lowest BCUT2D eigenvalue weighted by molar-refractivity contribution is 0.420. The van der Waals surface area contributed by atoms with E-state index in [1.165, 1.54) is 0 Å². The Morgan fingerprint density at radius 3 is 2.57 bits per heavy atom. The first-order chi connectivity index (χ1) is 14.7. The van der Waals surface area contributed by atoms with Crippen molar-refractivity contribution in [3.63, 3.8) is 0 Å². The van der Waals surface area contributed by atoms with Gasteiger partial charge in [-0.3, -0.25) is 4.98 Å². The van der Waals surface area contributed by atoms with Crippen LogP contribution in [0, 0.1) is 11.6 Å². The van der Waals surface area contributed by atoms with Crippen molar-refractivity contribution in [1.82, 2.24) is 15.0 Å². The zero-order valence-corrected chi connectivity index (χ0v) is 15.9. The molecule has 3 heterocycles. The van der Waals surface area contributed by atoms with E-state index in [9.17, 15) is 8.78 Å². The lowest BCUT2D eigenvalue weighted by atomic mass is 9.95. The number of halogens is 2. The number of pyridine rings is 3. The number of fused-ring (bicyclic) bond motifs is 2. The van der Waals surface area contributed by atoms with E-state index in [0.29, 0.717) is 17.1 Å². The summed E-state index contributed by atoms with van der Waals surface area (Å²) >= 11 is 0. The summed E-state index contributed by atoms with van der Waals surface area (Å²) in [4.78, 5) is 13.1. The fourth-order valence-electron chi connectivity index (χ4n) is 3.69. The van der Waals surface area contributed by atoms with Gasteiger partial charge in [0.05, 0.1) is 12.8 Å². The summed E-state index contributed by atoms with van der Waals surface area (Å²) in [5.41, 5.74) is 2.55. The molecule has 30 heavy (non-hydrogen) atoms. The smallest absolute Gasteiger partial charge is 0.160 e. The predicted molar refractivity (Wildman–Crippen MR) is 112 cm³/mol. The number of rotatable bonds is 3. The van der Waals surface area contributed by atoms with Gasteiger partial charge in [0.25, 0.3) is 0 Å². The van der Waals surface area contributed by atoms with Gasteiger partial charge in [-0.25, -0.2) is 18.7 Å². The van der Waals surface area contributed by atoms with Crippen molar-refractivity contribution in [1.29, 1.82) is 0 Å². The fraction of sp³-hybridized carbons (Fsp3) is 0.0417. The first-order valence-electron chi connectivity index (χ1n) is 9.28. The van der Waals surface area contributed by atoms with Crippen molar-refractivity contribution in [2.45, 2.75) is 0 Å². The molecule has 146 valence electrons. The van der Waals surface area contributed by atoms with Gasteiger partial charge in [0.1, 0.15) is 17.4 Å². The molecular formula is C24H15F2N3O. The molecule has 0 saturated carbocycles. The van der Waals surface area contributed by atoms with E-state index in [1.54, 1.807) is 31.8 Å². The second-order valence-electron chi connectivity index (χ2n) is 6.79. The average Bonchev–Trinajstić information content (AvgIpc) is 2.79. The summed E-state index contributed by atoms with van der Waals surface area (Å²) in [6, 6.07) is 14.5.